The first kappa shape index (κ1) is 19.8. The third-order valence-corrected chi connectivity index (χ3v) is 6.02. The fourth-order valence-corrected chi connectivity index (χ4v) is 4.27. The average Bonchev–Trinajstić information content (AvgIpc) is 3.30. The molecule has 1 amide bonds. The van der Waals surface area contributed by atoms with E-state index in [1.54, 1.807) is 6.21 Å². The van der Waals surface area contributed by atoms with Gasteiger partial charge in [0, 0.05) is 25.2 Å². The molecule has 0 aliphatic heterocycles. The van der Waals surface area contributed by atoms with Gasteiger partial charge in [-0.05, 0) is 55.3 Å². The lowest BCUT2D eigenvalue weighted by atomic mass is 10.1. The molecule has 0 bridgehead atoms. The summed E-state index contributed by atoms with van der Waals surface area (Å²) in [6.45, 7) is 3.98. The maximum atomic E-state index is 12.6. The predicted octanol–water partition coefficient (Wildman–Crippen LogP) is 4.53. The van der Waals surface area contributed by atoms with Crippen molar-refractivity contribution in [3.05, 3.63) is 76.3 Å². The van der Waals surface area contributed by atoms with Crippen LogP contribution in [0.2, 0.25) is 0 Å². The number of hydrogen-bond acceptors (Lipinski definition) is 5. The lowest BCUT2D eigenvalue weighted by Gasteiger charge is -2.13. The second-order valence-corrected chi connectivity index (χ2v) is 8.33. The first-order chi connectivity index (χ1) is 14.4. The highest BCUT2D eigenvalue weighted by Gasteiger charge is 2.16. The van der Waals surface area contributed by atoms with E-state index in [0.29, 0.717) is 4.88 Å². The number of rotatable bonds is 5. The van der Waals surface area contributed by atoms with Gasteiger partial charge in [0.15, 0.2) is 0 Å². The van der Waals surface area contributed by atoms with E-state index in [9.17, 15) is 4.79 Å². The van der Waals surface area contributed by atoms with Gasteiger partial charge in [-0.2, -0.15) is 10.2 Å². The number of fused-ring (bicyclic) bond motifs is 1. The highest BCUT2D eigenvalue weighted by Crippen LogP contribution is 2.30. The first-order valence-corrected chi connectivity index (χ1v) is 10.4. The number of thiophene rings is 1. The molecular weight excluding hydrogens is 394 g/mol. The van der Waals surface area contributed by atoms with E-state index in [0.717, 1.165) is 38.4 Å². The van der Waals surface area contributed by atoms with Gasteiger partial charge in [-0.25, -0.2) is 10.1 Å². The summed E-state index contributed by atoms with van der Waals surface area (Å²) < 4.78 is 1.88. The Balaban J connectivity index is 1.54. The van der Waals surface area contributed by atoms with Crippen LogP contribution in [-0.2, 0) is 0 Å². The van der Waals surface area contributed by atoms with Crippen molar-refractivity contribution in [3.8, 4) is 5.69 Å². The molecule has 0 aliphatic rings. The molecule has 0 aliphatic carbocycles. The van der Waals surface area contributed by atoms with Gasteiger partial charge in [0.2, 0.25) is 0 Å². The van der Waals surface area contributed by atoms with Crippen LogP contribution in [0.1, 0.15) is 26.5 Å². The van der Waals surface area contributed by atoms with Crippen LogP contribution in [0, 0.1) is 13.8 Å². The molecule has 0 spiro atoms. The van der Waals surface area contributed by atoms with E-state index in [-0.39, 0.29) is 5.91 Å². The Morgan fingerprint density at radius 3 is 2.60 bits per heavy atom. The summed E-state index contributed by atoms with van der Waals surface area (Å²) in [5.41, 5.74) is 7.70. The van der Waals surface area contributed by atoms with Crippen molar-refractivity contribution in [2.75, 3.05) is 19.0 Å². The molecule has 4 aromatic rings. The largest absolute Gasteiger partial charge is 0.378 e. The molecule has 0 saturated carbocycles. The number of carbonyl (C=O) groups excluding carboxylic acids is 1. The van der Waals surface area contributed by atoms with Gasteiger partial charge < -0.3 is 4.90 Å². The Morgan fingerprint density at radius 1 is 1.13 bits per heavy atom. The Hall–Kier alpha value is -3.45. The van der Waals surface area contributed by atoms with E-state index in [4.69, 9.17) is 0 Å². The lowest BCUT2D eigenvalue weighted by Crippen LogP contribution is -2.16. The minimum atomic E-state index is -0.228. The summed E-state index contributed by atoms with van der Waals surface area (Å²) in [6, 6.07) is 17.9. The minimum absolute atomic E-state index is 0.228. The molecule has 2 aromatic heterocycles. The number of para-hydroxylation sites is 1. The second-order valence-electron chi connectivity index (χ2n) is 7.30. The number of aryl methyl sites for hydroxylation is 2. The maximum absolute atomic E-state index is 12.6. The zero-order valence-corrected chi connectivity index (χ0v) is 18.2. The van der Waals surface area contributed by atoms with Crippen LogP contribution in [0.15, 0.2) is 59.7 Å². The molecule has 6 nitrogen and oxygen atoms in total. The normalized spacial score (nSPS) is 11.3. The summed E-state index contributed by atoms with van der Waals surface area (Å²) in [4.78, 5) is 16.2. The van der Waals surface area contributed by atoms with Gasteiger partial charge in [0.05, 0.1) is 22.5 Å². The van der Waals surface area contributed by atoms with Crippen molar-refractivity contribution in [1.82, 2.24) is 15.2 Å². The summed E-state index contributed by atoms with van der Waals surface area (Å²) in [7, 11) is 4.01. The topological polar surface area (TPSA) is 62.5 Å². The zero-order valence-electron chi connectivity index (χ0n) is 17.4. The fraction of sp³-hybridized carbons (Fsp3) is 0.174. The van der Waals surface area contributed by atoms with Crippen LogP contribution in [0.4, 0.5) is 5.69 Å². The van der Waals surface area contributed by atoms with Gasteiger partial charge in [0.1, 0.15) is 4.83 Å². The summed E-state index contributed by atoms with van der Waals surface area (Å²) in [6.07, 6.45) is 1.68. The van der Waals surface area contributed by atoms with Crippen LogP contribution >= 0.6 is 11.3 Å². The average molecular weight is 418 g/mol. The molecular formula is C23H23N5OS. The van der Waals surface area contributed by atoms with Gasteiger partial charge in [-0.1, -0.05) is 24.3 Å². The van der Waals surface area contributed by atoms with Gasteiger partial charge in [-0.15, -0.1) is 11.3 Å². The van der Waals surface area contributed by atoms with Gasteiger partial charge in [-0.3, -0.25) is 4.79 Å². The summed E-state index contributed by atoms with van der Waals surface area (Å²) in [5, 5.41) is 9.75. The highest BCUT2D eigenvalue weighted by atomic mass is 32.1. The smallest absolute Gasteiger partial charge is 0.281 e. The van der Waals surface area contributed by atoms with E-state index < -0.39 is 0 Å². The number of carbonyl (C=O) groups is 1. The molecule has 4 rings (SSSR count). The molecule has 1 N–H and O–H groups in total. The molecule has 0 saturated heterocycles. The van der Waals surface area contributed by atoms with Crippen molar-refractivity contribution < 1.29 is 4.79 Å². The number of nitrogens with zero attached hydrogens (tertiary/aromatic N) is 4. The summed E-state index contributed by atoms with van der Waals surface area (Å²) >= 11 is 1.41. The Bertz CT molecular complexity index is 1240. The number of nitrogens with one attached hydrogen (secondary N) is 1. The standard InChI is InChI=1S/C23H23N5OS/c1-15-12-19(27(3)4)11-10-17(15)14-24-25-22(29)21-13-20-16(2)26-28(23(20)30-21)18-8-6-5-7-9-18/h5-14H,1-4H3,(H,25,29)/b24-14-. The lowest BCUT2D eigenvalue weighted by molar-refractivity contribution is 0.0959. The number of hydrogen-bond donors (Lipinski definition) is 1. The van der Waals surface area contributed by atoms with E-state index in [1.165, 1.54) is 11.3 Å². The van der Waals surface area contributed by atoms with Crippen molar-refractivity contribution in [3.63, 3.8) is 0 Å². The highest BCUT2D eigenvalue weighted by molar-refractivity contribution is 7.20. The van der Waals surface area contributed by atoms with Crippen LogP contribution in [0.25, 0.3) is 15.9 Å². The quantitative estimate of drug-likeness (QED) is 0.383. The SMILES string of the molecule is Cc1cc(N(C)C)ccc1/C=N\NC(=O)c1cc2c(C)nn(-c3ccccc3)c2s1. The van der Waals surface area contributed by atoms with Crippen molar-refractivity contribution in [2.45, 2.75) is 13.8 Å². The number of amides is 1. The van der Waals surface area contributed by atoms with Crippen LogP contribution in [-0.4, -0.2) is 36.0 Å². The molecule has 0 atom stereocenters. The third kappa shape index (κ3) is 3.84. The molecule has 2 heterocycles. The maximum Gasteiger partial charge on any atom is 0.281 e. The van der Waals surface area contributed by atoms with E-state index in [2.05, 4.69) is 26.6 Å². The van der Waals surface area contributed by atoms with Crippen molar-refractivity contribution >= 4 is 39.4 Å². The van der Waals surface area contributed by atoms with Crippen molar-refractivity contribution in [2.24, 2.45) is 5.10 Å². The van der Waals surface area contributed by atoms with Gasteiger partial charge in [0.25, 0.3) is 5.91 Å². The first-order valence-electron chi connectivity index (χ1n) is 9.60. The number of aromatic nitrogens is 2. The molecule has 0 radical (unpaired) electrons. The van der Waals surface area contributed by atoms with Crippen LogP contribution < -0.4 is 10.3 Å². The van der Waals surface area contributed by atoms with Gasteiger partial charge >= 0.3 is 0 Å². The molecule has 7 heteroatoms. The Morgan fingerprint density at radius 2 is 1.90 bits per heavy atom. The summed E-state index contributed by atoms with van der Waals surface area (Å²) in [5.74, 6) is -0.228. The molecule has 30 heavy (non-hydrogen) atoms. The Labute approximate surface area is 179 Å². The minimum Gasteiger partial charge on any atom is -0.378 e. The zero-order chi connectivity index (χ0) is 21.3. The van der Waals surface area contributed by atoms with E-state index >= 15 is 0 Å². The van der Waals surface area contributed by atoms with Crippen LogP contribution in [0.5, 0.6) is 0 Å². The molecule has 2 aromatic carbocycles. The number of anilines is 1. The number of benzene rings is 2. The van der Waals surface area contributed by atoms with Crippen molar-refractivity contribution in [1.29, 1.82) is 0 Å². The van der Waals surface area contributed by atoms with E-state index in [1.807, 2.05) is 81.2 Å². The number of hydrazone groups is 1. The van der Waals surface area contributed by atoms with Crippen LogP contribution in [0.3, 0.4) is 0 Å². The second kappa shape index (κ2) is 8.12. The molecule has 0 unspecified atom stereocenters. The third-order valence-electron chi connectivity index (χ3n) is 4.91. The fourth-order valence-electron chi connectivity index (χ4n) is 3.20. The molecule has 0 fully saturated rings. The molecule has 152 valence electrons. The monoisotopic (exact) mass is 417 g/mol. The Kier molecular flexibility index (Phi) is 5.37. The predicted molar refractivity (Wildman–Crippen MR) is 124 cm³/mol.